The van der Waals surface area contributed by atoms with E-state index < -0.39 is 0 Å². The minimum absolute atomic E-state index is 0.178. The van der Waals surface area contributed by atoms with Crippen molar-refractivity contribution < 1.29 is 9.90 Å². The number of nitrogens with one attached hydrogen (secondary N) is 1. The first-order chi connectivity index (χ1) is 6.16. The van der Waals surface area contributed by atoms with E-state index in [2.05, 4.69) is 5.32 Å². The highest BCUT2D eigenvalue weighted by Crippen LogP contribution is 2.36. The lowest BCUT2D eigenvalue weighted by molar-refractivity contribution is -0.127. The first-order valence-electron chi connectivity index (χ1n) is 5.15. The molecule has 0 aliphatic heterocycles. The highest BCUT2D eigenvalue weighted by Gasteiger charge is 2.35. The maximum atomic E-state index is 11.5. The second kappa shape index (κ2) is 3.29. The molecule has 3 heteroatoms. The van der Waals surface area contributed by atoms with Crippen molar-refractivity contribution in [3.63, 3.8) is 0 Å². The smallest absolute Gasteiger partial charge is 0.223 e. The molecule has 2 fully saturated rings. The predicted molar refractivity (Wildman–Crippen MR) is 49.1 cm³/mol. The van der Waals surface area contributed by atoms with Crippen LogP contribution in [-0.2, 0) is 4.79 Å². The maximum Gasteiger partial charge on any atom is 0.223 e. The molecule has 13 heavy (non-hydrogen) atoms. The Morgan fingerprint density at radius 3 is 2.54 bits per heavy atom. The van der Waals surface area contributed by atoms with Gasteiger partial charge in [-0.2, -0.15) is 0 Å². The van der Waals surface area contributed by atoms with E-state index in [1.807, 2.05) is 6.92 Å². The Labute approximate surface area is 78.5 Å². The molecule has 0 spiro atoms. The number of rotatable bonds is 3. The zero-order valence-electron chi connectivity index (χ0n) is 7.99. The molecule has 1 unspecified atom stereocenters. The molecular formula is C10H17NO2. The first kappa shape index (κ1) is 9.00. The van der Waals surface area contributed by atoms with E-state index in [9.17, 15) is 4.79 Å². The lowest BCUT2D eigenvalue weighted by atomic mass is 9.89. The van der Waals surface area contributed by atoms with Gasteiger partial charge in [0.05, 0.1) is 6.10 Å². The number of aliphatic hydroxyl groups is 1. The second-order valence-corrected chi connectivity index (χ2v) is 4.46. The third-order valence-electron chi connectivity index (χ3n) is 3.20. The van der Waals surface area contributed by atoms with Gasteiger partial charge in [-0.05, 0) is 31.6 Å². The molecule has 0 heterocycles. The molecule has 0 aromatic rings. The summed E-state index contributed by atoms with van der Waals surface area (Å²) < 4.78 is 0. The number of aliphatic hydroxyl groups excluding tert-OH is 1. The molecule has 0 aromatic heterocycles. The van der Waals surface area contributed by atoms with Crippen LogP contribution in [-0.4, -0.2) is 23.2 Å². The minimum Gasteiger partial charge on any atom is -0.393 e. The van der Waals surface area contributed by atoms with Crippen LogP contribution < -0.4 is 5.32 Å². The van der Waals surface area contributed by atoms with Crippen molar-refractivity contribution in [3.8, 4) is 0 Å². The van der Waals surface area contributed by atoms with Crippen LogP contribution in [0.3, 0.4) is 0 Å². The zero-order chi connectivity index (χ0) is 9.42. The summed E-state index contributed by atoms with van der Waals surface area (Å²) in [5, 5.41) is 12.0. The predicted octanol–water partition coefficient (Wildman–Crippen LogP) is 0.672. The Bertz CT molecular complexity index is 207. The molecule has 2 aliphatic rings. The fourth-order valence-electron chi connectivity index (χ4n) is 1.85. The monoisotopic (exact) mass is 183 g/mol. The Morgan fingerprint density at radius 1 is 1.46 bits per heavy atom. The van der Waals surface area contributed by atoms with Crippen LogP contribution in [0.4, 0.5) is 0 Å². The van der Waals surface area contributed by atoms with Crippen LogP contribution in [0.1, 0.15) is 32.6 Å². The Balaban J connectivity index is 1.71. The Hall–Kier alpha value is -0.570. The van der Waals surface area contributed by atoms with Crippen molar-refractivity contribution in [1.82, 2.24) is 5.32 Å². The fourth-order valence-corrected chi connectivity index (χ4v) is 1.85. The lowest BCUT2D eigenvalue weighted by Gasteiger charge is -2.32. The van der Waals surface area contributed by atoms with Gasteiger partial charge in [-0.1, -0.05) is 6.92 Å². The number of amides is 1. The molecule has 3 nitrogen and oxygen atoms in total. The number of carbonyl (C=O) groups is 1. The molecule has 0 radical (unpaired) electrons. The van der Waals surface area contributed by atoms with Gasteiger partial charge in [-0.25, -0.2) is 0 Å². The van der Waals surface area contributed by atoms with Gasteiger partial charge >= 0.3 is 0 Å². The molecule has 2 saturated carbocycles. The van der Waals surface area contributed by atoms with E-state index in [1.54, 1.807) is 0 Å². The van der Waals surface area contributed by atoms with Gasteiger partial charge in [0.2, 0.25) is 5.91 Å². The molecule has 1 atom stereocenters. The van der Waals surface area contributed by atoms with Crippen molar-refractivity contribution in [1.29, 1.82) is 0 Å². The summed E-state index contributed by atoms with van der Waals surface area (Å²) in [4.78, 5) is 11.5. The van der Waals surface area contributed by atoms with Crippen molar-refractivity contribution in [2.45, 2.75) is 44.8 Å². The minimum atomic E-state index is -0.179. The topological polar surface area (TPSA) is 49.3 Å². The Kier molecular flexibility index (Phi) is 2.28. The summed E-state index contributed by atoms with van der Waals surface area (Å²) in [6.45, 7) is 2.00. The largest absolute Gasteiger partial charge is 0.393 e. The van der Waals surface area contributed by atoms with E-state index in [4.69, 9.17) is 5.11 Å². The number of hydrogen-bond acceptors (Lipinski definition) is 2. The van der Waals surface area contributed by atoms with Gasteiger partial charge in [0, 0.05) is 12.0 Å². The van der Waals surface area contributed by atoms with Crippen LogP contribution >= 0.6 is 0 Å². The average molecular weight is 183 g/mol. The normalized spacial score (nSPS) is 34.9. The fraction of sp³-hybridized carbons (Fsp3) is 0.900. The summed E-state index contributed by atoms with van der Waals surface area (Å²) in [5.74, 6) is 0.988. The summed E-state index contributed by atoms with van der Waals surface area (Å²) >= 11 is 0. The van der Waals surface area contributed by atoms with Crippen molar-refractivity contribution >= 4 is 5.91 Å². The summed E-state index contributed by atoms with van der Waals surface area (Å²) in [6, 6.07) is 0.240. The van der Waals surface area contributed by atoms with Gasteiger partial charge < -0.3 is 10.4 Å². The highest BCUT2D eigenvalue weighted by atomic mass is 16.3. The van der Waals surface area contributed by atoms with Gasteiger partial charge in [0.15, 0.2) is 0 Å². The molecule has 0 bridgehead atoms. The molecule has 2 aliphatic carbocycles. The summed E-state index contributed by atoms with van der Waals surface area (Å²) in [7, 11) is 0. The third-order valence-corrected chi connectivity index (χ3v) is 3.20. The molecule has 1 amide bonds. The van der Waals surface area contributed by atoms with Gasteiger partial charge in [-0.15, -0.1) is 0 Å². The molecule has 0 saturated heterocycles. The van der Waals surface area contributed by atoms with E-state index in [1.165, 1.54) is 12.8 Å². The van der Waals surface area contributed by atoms with Crippen molar-refractivity contribution in [3.05, 3.63) is 0 Å². The van der Waals surface area contributed by atoms with E-state index in [0.29, 0.717) is 5.92 Å². The van der Waals surface area contributed by atoms with Crippen LogP contribution in [0.5, 0.6) is 0 Å². The molecule has 0 aromatic carbocycles. The van der Waals surface area contributed by atoms with E-state index in [-0.39, 0.29) is 24.0 Å². The molecule has 2 rings (SSSR count). The molecule has 2 N–H and O–H groups in total. The van der Waals surface area contributed by atoms with E-state index in [0.717, 1.165) is 12.8 Å². The second-order valence-electron chi connectivity index (χ2n) is 4.46. The first-order valence-corrected chi connectivity index (χ1v) is 5.15. The lowest BCUT2D eigenvalue weighted by Crippen LogP contribution is -2.48. The highest BCUT2D eigenvalue weighted by molar-refractivity contribution is 5.79. The SMILES string of the molecule is CC(C(=O)NC1CC(O)C1)C1CC1. The zero-order valence-corrected chi connectivity index (χ0v) is 7.99. The molecule has 74 valence electrons. The Morgan fingerprint density at radius 2 is 2.08 bits per heavy atom. The number of carbonyl (C=O) groups excluding carboxylic acids is 1. The molecular weight excluding hydrogens is 166 g/mol. The van der Waals surface area contributed by atoms with E-state index >= 15 is 0 Å². The number of hydrogen-bond donors (Lipinski definition) is 2. The van der Waals surface area contributed by atoms with Gasteiger partial charge in [-0.3, -0.25) is 4.79 Å². The quantitative estimate of drug-likeness (QED) is 0.675. The third kappa shape index (κ3) is 2.02. The summed E-state index contributed by atoms with van der Waals surface area (Å²) in [6.07, 6.45) is 3.72. The summed E-state index contributed by atoms with van der Waals surface area (Å²) in [5.41, 5.74) is 0. The van der Waals surface area contributed by atoms with Crippen LogP contribution in [0, 0.1) is 11.8 Å². The van der Waals surface area contributed by atoms with Crippen LogP contribution in [0.2, 0.25) is 0 Å². The standard InChI is InChI=1S/C10H17NO2/c1-6(7-2-3-7)10(13)11-8-4-9(12)5-8/h6-9,12H,2-5H2,1H3,(H,11,13). The maximum absolute atomic E-state index is 11.5. The van der Waals surface area contributed by atoms with Crippen LogP contribution in [0.25, 0.3) is 0 Å². The van der Waals surface area contributed by atoms with Crippen LogP contribution in [0.15, 0.2) is 0 Å². The van der Waals surface area contributed by atoms with Crippen molar-refractivity contribution in [2.24, 2.45) is 11.8 Å². The van der Waals surface area contributed by atoms with Gasteiger partial charge in [0.1, 0.15) is 0 Å². The average Bonchev–Trinajstić information content (AvgIpc) is 2.82. The van der Waals surface area contributed by atoms with Gasteiger partial charge in [0.25, 0.3) is 0 Å². The van der Waals surface area contributed by atoms with Crippen molar-refractivity contribution in [2.75, 3.05) is 0 Å².